The van der Waals surface area contributed by atoms with Crippen LogP contribution in [0.5, 0.6) is 0 Å². The average Bonchev–Trinajstić information content (AvgIpc) is 3.79. The molecule has 4 rings (SSSR count). The molecule has 0 radical (unpaired) electrons. The maximum atomic E-state index is 13.4. The number of pyridine rings is 1. The fraction of sp³-hybridized carbons (Fsp3) is 0.432. The van der Waals surface area contributed by atoms with Crippen molar-refractivity contribution in [2.45, 2.75) is 58.0 Å². The third kappa shape index (κ3) is 11.3. The van der Waals surface area contributed by atoms with E-state index in [9.17, 15) is 19.2 Å². The molecule has 4 amide bonds. The van der Waals surface area contributed by atoms with Crippen molar-refractivity contribution in [3.05, 3.63) is 65.2 Å². The summed E-state index contributed by atoms with van der Waals surface area (Å²) in [4.78, 5) is 66.4. The summed E-state index contributed by atoms with van der Waals surface area (Å²) in [6.45, 7) is 8.90. The molecule has 15 heteroatoms. The zero-order valence-corrected chi connectivity index (χ0v) is 30.1. The summed E-state index contributed by atoms with van der Waals surface area (Å²) in [6, 6.07) is 10.8. The first-order chi connectivity index (χ1) is 25.1. The number of fused-ring (bicyclic) bond motifs is 1. The zero-order valence-electron chi connectivity index (χ0n) is 30.1. The van der Waals surface area contributed by atoms with Gasteiger partial charge in [0.15, 0.2) is 5.65 Å². The number of aryl methyl sites for hydroxylation is 1. The smallest absolute Gasteiger partial charge is 0.407 e. The van der Waals surface area contributed by atoms with E-state index in [4.69, 9.17) is 4.74 Å². The van der Waals surface area contributed by atoms with Gasteiger partial charge < -0.3 is 40.6 Å². The minimum atomic E-state index is -0.671. The fourth-order valence-corrected chi connectivity index (χ4v) is 5.69. The Morgan fingerprint density at radius 1 is 1.02 bits per heavy atom. The molecule has 0 bridgehead atoms. The number of nitrogens with one attached hydrogen (secondary N) is 5. The Hall–Kier alpha value is -5.91. The first-order valence-electron chi connectivity index (χ1n) is 17.2. The highest BCUT2D eigenvalue weighted by atomic mass is 16.5. The summed E-state index contributed by atoms with van der Waals surface area (Å²) in [6.07, 6.45) is 4.33. The number of nitrogens with zero attached hydrogens (tertiary/aromatic N) is 4. The Balaban J connectivity index is 1.30. The number of ether oxygens (including phenoxy) is 2. The van der Waals surface area contributed by atoms with Crippen molar-refractivity contribution in [1.29, 1.82) is 0 Å². The number of carbonyl (C=O) groups is 4. The second-order valence-corrected chi connectivity index (χ2v) is 12.5. The first kappa shape index (κ1) is 38.9. The maximum Gasteiger partial charge on any atom is 0.407 e. The highest BCUT2D eigenvalue weighted by molar-refractivity contribution is 5.86. The number of aromatic nitrogens is 3. The molecule has 3 heterocycles. The molecule has 1 aliphatic rings. The number of carbonyl (C=O) groups excluding carboxylic acids is 4. The fourth-order valence-electron chi connectivity index (χ4n) is 5.69. The van der Waals surface area contributed by atoms with Crippen molar-refractivity contribution in [2.75, 3.05) is 40.4 Å². The van der Waals surface area contributed by atoms with E-state index < -0.39 is 18.2 Å². The maximum absolute atomic E-state index is 13.4. The second-order valence-electron chi connectivity index (χ2n) is 12.5. The summed E-state index contributed by atoms with van der Waals surface area (Å²) in [5.74, 6) is 6.59. The van der Waals surface area contributed by atoms with E-state index in [1.54, 1.807) is 6.20 Å². The molecular formula is C37H47N9O6. The molecule has 0 saturated carbocycles. The van der Waals surface area contributed by atoms with E-state index in [0.29, 0.717) is 37.4 Å². The molecule has 0 spiro atoms. The van der Waals surface area contributed by atoms with Crippen molar-refractivity contribution in [2.24, 2.45) is 10.9 Å². The number of unbranched alkanes of at least 4 members (excludes halogenated alkanes) is 1. The number of H-pyrrole nitrogens is 1. The number of methoxy groups -OCH3 is 2. The molecule has 1 saturated heterocycles. The van der Waals surface area contributed by atoms with Gasteiger partial charge in [-0.3, -0.25) is 14.6 Å². The van der Waals surface area contributed by atoms with E-state index in [1.807, 2.05) is 55.1 Å². The number of imidazole rings is 1. The lowest BCUT2D eigenvalue weighted by Gasteiger charge is -2.31. The van der Waals surface area contributed by atoms with Crippen molar-refractivity contribution in [3.63, 3.8) is 0 Å². The minimum Gasteiger partial charge on any atom is -0.453 e. The van der Waals surface area contributed by atoms with Gasteiger partial charge >= 0.3 is 12.2 Å². The van der Waals surface area contributed by atoms with Crippen LogP contribution in [0, 0.1) is 17.8 Å². The molecule has 0 aliphatic carbocycles. The van der Waals surface area contributed by atoms with Crippen LogP contribution in [0.3, 0.4) is 0 Å². The lowest BCUT2D eigenvalue weighted by Crippen LogP contribution is -2.53. The molecule has 15 nitrogen and oxygen atoms in total. The summed E-state index contributed by atoms with van der Waals surface area (Å²) in [7, 11) is 2.52. The predicted molar refractivity (Wildman–Crippen MR) is 197 cm³/mol. The Morgan fingerprint density at radius 2 is 1.79 bits per heavy atom. The normalized spacial score (nSPS) is 14.6. The number of amides is 4. The van der Waals surface area contributed by atoms with E-state index >= 15 is 0 Å². The number of likely N-dealkylation sites (tertiary alicyclic amines) is 1. The van der Waals surface area contributed by atoms with Gasteiger partial charge in [-0.2, -0.15) is 0 Å². The third-order valence-corrected chi connectivity index (χ3v) is 8.47. The summed E-state index contributed by atoms with van der Waals surface area (Å²) in [5.41, 5.74) is 4.45. The van der Waals surface area contributed by atoms with Gasteiger partial charge in [0.25, 0.3) is 0 Å². The summed E-state index contributed by atoms with van der Waals surface area (Å²) >= 11 is 0. The number of aliphatic imine (C=N–C) groups is 1. The lowest BCUT2D eigenvalue weighted by molar-refractivity contribution is -0.135. The standard InChI is InChI=1S/C37H47N9O6/c1-24(2)33(45-37(50)52-5)35(48)46-20-8-9-28(46)21-40-30(22-38-3)26-14-11-25(12-15-26)13-16-27-17-18-29-34(42-27)44-31(43-29)10-6-7-19-39-32(47)23-41-36(49)51-4/h11-12,14-15,17-18,22,24,28,33,40H,3,6-10,19-21,23H2,1-2,4-5H3,(H,39,47)(H,41,49)(H,45,50)(H,42,43,44)/b30-22-. The van der Waals surface area contributed by atoms with Crippen molar-refractivity contribution >= 4 is 47.6 Å². The van der Waals surface area contributed by atoms with Crippen molar-refractivity contribution in [3.8, 4) is 11.8 Å². The highest BCUT2D eigenvalue weighted by Gasteiger charge is 2.35. The van der Waals surface area contributed by atoms with Crippen LogP contribution in [-0.4, -0.2) is 103 Å². The molecule has 52 heavy (non-hydrogen) atoms. The average molecular weight is 714 g/mol. The monoisotopic (exact) mass is 713 g/mol. The van der Waals surface area contributed by atoms with Crippen molar-refractivity contribution in [1.82, 2.24) is 41.1 Å². The SMILES string of the molecule is C=N/C=C(\NCC1CCCN1C(=O)C(NC(=O)OC)C(C)C)c1ccc(C#Cc2ccc3[nH]c(CCCCNC(=O)CNC(=O)OC)nc3n2)cc1. The van der Waals surface area contributed by atoms with Crippen molar-refractivity contribution < 1.29 is 28.7 Å². The molecule has 1 fully saturated rings. The molecule has 3 aromatic rings. The number of hydrogen-bond donors (Lipinski definition) is 5. The first-order valence-corrected chi connectivity index (χ1v) is 17.2. The molecule has 276 valence electrons. The zero-order chi connectivity index (χ0) is 37.5. The quantitative estimate of drug-likeness (QED) is 0.0895. The molecule has 2 unspecified atom stereocenters. The second kappa shape index (κ2) is 19.5. The summed E-state index contributed by atoms with van der Waals surface area (Å²) in [5, 5.41) is 11.2. The summed E-state index contributed by atoms with van der Waals surface area (Å²) < 4.78 is 9.17. The van der Waals surface area contributed by atoms with Crippen LogP contribution in [0.1, 0.15) is 62.2 Å². The molecule has 1 aromatic carbocycles. The van der Waals surface area contributed by atoms with E-state index in [-0.39, 0.29) is 30.3 Å². The number of rotatable bonds is 15. The third-order valence-electron chi connectivity index (χ3n) is 8.47. The Morgan fingerprint density at radius 3 is 2.50 bits per heavy atom. The Labute approximate surface area is 303 Å². The molecule has 2 atom stereocenters. The number of alkyl carbamates (subject to hydrolysis) is 2. The molecular weight excluding hydrogens is 666 g/mol. The number of benzene rings is 1. The Bertz CT molecular complexity index is 1810. The lowest BCUT2D eigenvalue weighted by atomic mass is 10.0. The predicted octanol–water partition coefficient (Wildman–Crippen LogP) is 3.11. The topological polar surface area (TPSA) is 192 Å². The van der Waals surface area contributed by atoms with Gasteiger partial charge in [-0.25, -0.2) is 19.6 Å². The van der Waals surface area contributed by atoms with Gasteiger partial charge in [-0.1, -0.05) is 31.9 Å². The van der Waals surface area contributed by atoms with Gasteiger partial charge in [0.1, 0.15) is 17.6 Å². The number of aromatic amines is 1. The minimum absolute atomic E-state index is 0.0504. The van der Waals surface area contributed by atoms with Gasteiger partial charge in [-0.15, -0.1) is 0 Å². The van der Waals surface area contributed by atoms with Gasteiger partial charge in [0, 0.05) is 43.9 Å². The molecule has 5 N–H and O–H groups in total. The van der Waals surface area contributed by atoms with Gasteiger partial charge in [-0.05, 0) is 74.1 Å². The molecule has 1 aliphatic heterocycles. The van der Waals surface area contributed by atoms with Crippen LogP contribution in [0.2, 0.25) is 0 Å². The van der Waals surface area contributed by atoms with Gasteiger partial charge in [0.05, 0.1) is 32.0 Å². The van der Waals surface area contributed by atoms with Crippen LogP contribution in [0.15, 0.2) is 47.6 Å². The van der Waals surface area contributed by atoms with Crippen LogP contribution in [-0.2, 0) is 25.5 Å². The van der Waals surface area contributed by atoms with Gasteiger partial charge in [0.2, 0.25) is 11.8 Å². The number of hydrogen-bond acceptors (Lipinski definition) is 10. The van der Waals surface area contributed by atoms with Crippen LogP contribution in [0.25, 0.3) is 16.9 Å². The Kier molecular flexibility index (Phi) is 14.6. The largest absolute Gasteiger partial charge is 0.453 e. The van der Waals surface area contributed by atoms with Crippen LogP contribution < -0.4 is 21.3 Å². The van der Waals surface area contributed by atoms with Crippen LogP contribution in [0.4, 0.5) is 9.59 Å². The van der Waals surface area contributed by atoms with E-state index in [1.165, 1.54) is 14.2 Å². The van der Waals surface area contributed by atoms with E-state index in [2.05, 4.69) is 64.5 Å². The highest BCUT2D eigenvalue weighted by Crippen LogP contribution is 2.21. The molecule has 2 aromatic heterocycles. The van der Waals surface area contributed by atoms with E-state index in [0.717, 1.165) is 53.8 Å². The van der Waals surface area contributed by atoms with Crippen LogP contribution >= 0.6 is 0 Å².